The molecule has 0 aliphatic carbocycles. The molecule has 0 unspecified atom stereocenters. The predicted molar refractivity (Wildman–Crippen MR) is 112 cm³/mol. The van der Waals surface area contributed by atoms with Gasteiger partial charge in [0.05, 0.1) is 5.69 Å². The van der Waals surface area contributed by atoms with Gasteiger partial charge >= 0.3 is 0 Å². The highest BCUT2D eigenvalue weighted by atomic mass is 127. The maximum absolute atomic E-state index is 4.92. The van der Waals surface area contributed by atoms with Crippen molar-refractivity contribution in [3.63, 3.8) is 0 Å². The van der Waals surface area contributed by atoms with Gasteiger partial charge in [-0.3, -0.25) is 4.90 Å². The summed E-state index contributed by atoms with van der Waals surface area (Å²) in [6, 6.07) is 1.93. The molecule has 0 bridgehead atoms. The molecule has 2 aromatic rings. The van der Waals surface area contributed by atoms with Gasteiger partial charge < -0.3 is 19.3 Å². The highest BCUT2D eigenvalue weighted by Crippen LogP contribution is 2.15. The summed E-state index contributed by atoms with van der Waals surface area (Å²) >= 11 is 0. The zero-order valence-electron chi connectivity index (χ0n) is 15.7. The molecule has 4 rings (SSSR count). The summed E-state index contributed by atoms with van der Waals surface area (Å²) in [5.41, 5.74) is 0.986. The number of aromatic nitrogens is 4. The Morgan fingerprint density at radius 1 is 1.22 bits per heavy atom. The Balaban J connectivity index is 0.00000210. The fourth-order valence-electron chi connectivity index (χ4n) is 3.57. The lowest BCUT2D eigenvalue weighted by molar-refractivity contribution is 0.169. The number of hydrogen-bond acceptors (Lipinski definition) is 6. The van der Waals surface area contributed by atoms with Gasteiger partial charge in [-0.05, 0) is 13.3 Å². The largest absolute Gasteiger partial charge is 0.364 e. The molecular formula is C17H27IN8O. The second-order valence-corrected chi connectivity index (χ2v) is 6.71. The van der Waals surface area contributed by atoms with E-state index in [4.69, 9.17) is 9.52 Å². The van der Waals surface area contributed by atoms with Crippen LogP contribution in [0.15, 0.2) is 21.8 Å². The van der Waals surface area contributed by atoms with Gasteiger partial charge in [0.25, 0.3) is 0 Å². The minimum atomic E-state index is 0. The van der Waals surface area contributed by atoms with Crippen LogP contribution in [-0.2, 0) is 26.1 Å². The number of rotatable bonds is 5. The Morgan fingerprint density at radius 2 is 2.07 bits per heavy atom. The van der Waals surface area contributed by atoms with Crippen LogP contribution in [0.2, 0.25) is 0 Å². The average molecular weight is 486 g/mol. The van der Waals surface area contributed by atoms with Crippen molar-refractivity contribution in [3.8, 4) is 0 Å². The Labute approximate surface area is 176 Å². The minimum absolute atomic E-state index is 0. The van der Waals surface area contributed by atoms with Gasteiger partial charge in [-0.1, -0.05) is 5.16 Å². The lowest BCUT2D eigenvalue weighted by Gasteiger charge is -2.36. The van der Waals surface area contributed by atoms with E-state index < -0.39 is 0 Å². The maximum Gasteiger partial charge on any atom is 0.194 e. The second kappa shape index (κ2) is 9.49. The molecule has 2 aliphatic heterocycles. The van der Waals surface area contributed by atoms with Crippen molar-refractivity contribution < 1.29 is 4.52 Å². The van der Waals surface area contributed by atoms with Crippen LogP contribution in [0, 0.1) is 0 Å². The first-order valence-electron chi connectivity index (χ1n) is 9.39. The van der Waals surface area contributed by atoms with Crippen molar-refractivity contribution in [2.75, 3.05) is 32.7 Å². The maximum atomic E-state index is 4.92. The number of hydrogen-bond donors (Lipinski definition) is 1. The van der Waals surface area contributed by atoms with E-state index in [1.54, 1.807) is 6.26 Å². The van der Waals surface area contributed by atoms with E-state index in [1.165, 1.54) is 0 Å². The Bertz CT molecular complexity index is 736. The molecule has 9 nitrogen and oxygen atoms in total. The first-order chi connectivity index (χ1) is 12.8. The van der Waals surface area contributed by atoms with E-state index in [1.807, 2.05) is 6.07 Å². The fraction of sp³-hybridized carbons (Fsp3) is 0.647. The topological polar surface area (TPSA) is 87.6 Å². The average Bonchev–Trinajstić information content (AvgIpc) is 3.39. The van der Waals surface area contributed by atoms with Gasteiger partial charge in [0.1, 0.15) is 18.6 Å². The highest BCUT2D eigenvalue weighted by molar-refractivity contribution is 14.0. The summed E-state index contributed by atoms with van der Waals surface area (Å²) in [7, 11) is 0. The van der Waals surface area contributed by atoms with E-state index in [-0.39, 0.29) is 24.0 Å². The number of aryl methyl sites for hydroxylation is 1. The molecule has 0 aromatic carbocycles. The number of fused-ring (bicyclic) bond motifs is 1. The van der Waals surface area contributed by atoms with E-state index in [2.05, 4.69) is 42.0 Å². The second-order valence-electron chi connectivity index (χ2n) is 6.71. The molecule has 1 N–H and O–H groups in total. The Hall–Kier alpha value is -1.69. The summed E-state index contributed by atoms with van der Waals surface area (Å²) < 4.78 is 7.13. The summed E-state index contributed by atoms with van der Waals surface area (Å²) in [5, 5.41) is 16.0. The van der Waals surface area contributed by atoms with E-state index >= 15 is 0 Å². The minimum Gasteiger partial charge on any atom is -0.364 e. The molecule has 27 heavy (non-hydrogen) atoms. The van der Waals surface area contributed by atoms with Crippen LogP contribution in [-0.4, -0.2) is 68.4 Å². The third-order valence-electron chi connectivity index (χ3n) is 4.94. The van der Waals surface area contributed by atoms with Gasteiger partial charge in [-0.2, -0.15) is 0 Å². The van der Waals surface area contributed by atoms with E-state index in [0.717, 1.165) is 82.0 Å². The van der Waals surface area contributed by atoms with Crippen molar-refractivity contribution >= 4 is 29.9 Å². The molecule has 0 amide bonds. The number of guanidine groups is 1. The molecule has 0 spiro atoms. The van der Waals surface area contributed by atoms with Gasteiger partial charge in [0, 0.05) is 58.3 Å². The van der Waals surface area contributed by atoms with Crippen LogP contribution < -0.4 is 5.32 Å². The molecule has 2 aromatic heterocycles. The molecular weight excluding hydrogens is 459 g/mol. The Morgan fingerprint density at radius 3 is 2.81 bits per heavy atom. The third-order valence-corrected chi connectivity index (χ3v) is 4.94. The number of halogens is 1. The van der Waals surface area contributed by atoms with Crippen LogP contribution in [0.5, 0.6) is 0 Å². The monoisotopic (exact) mass is 486 g/mol. The smallest absolute Gasteiger partial charge is 0.194 e. The molecule has 0 saturated carbocycles. The van der Waals surface area contributed by atoms with Crippen molar-refractivity contribution in [2.45, 2.75) is 39.4 Å². The number of aliphatic imine (C=N–C) groups is 1. The summed E-state index contributed by atoms with van der Waals surface area (Å²) in [6.07, 6.45) is 3.82. The molecule has 0 radical (unpaired) electrons. The van der Waals surface area contributed by atoms with Gasteiger partial charge in [-0.25, -0.2) is 4.99 Å². The molecule has 0 atom stereocenters. The van der Waals surface area contributed by atoms with Crippen molar-refractivity contribution in [1.29, 1.82) is 0 Å². The number of nitrogens with one attached hydrogen (secondary N) is 1. The quantitative estimate of drug-likeness (QED) is 0.385. The molecule has 1 saturated heterocycles. The zero-order valence-corrected chi connectivity index (χ0v) is 18.0. The van der Waals surface area contributed by atoms with Crippen LogP contribution in [0.4, 0.5) is 0 Å². The van der Waals surface area contributed by atoms with Crippen LogP contribution >= 0.6 is 24.0 Å². The van der Waals surface area contributed by atoms with Crippen LogP contribution in [0.1, 0.15) is 30.7 Å². The van der Waals surface area contributed by atoms with E-state index in [9.17, 15) is 0 Å². The summed E-state index contributed by atoms with van der Waals surface area (Å²) in [6.45, 7) is 9.25. The first kappa shape index (κ1) is 20.1. The number of piperazine rings is 1. The standard InChI is InChI=1S/C17H26N8O.HI/c1-2-18-17(19-12-16-21-20-15-4-3-6-25(15)16)24-9-7-23(8-10-24)13-14-5-11-26-22-14;/h5,11H,2-4,6-10,12-13H2,1H3,(H,18,19);1H. The van der Waals surface area contributed by atoms with Crippen molar-refractivity contribution in [1.82, 2.24) is 35.0 Å². The summed E-state index contributed by atoms with van der Waals surface area (Å²) in [4.78, 5) is 9.54. The highest BCUT2D eigenvalue weighted by Gasteiger charge is 2.21. The molecule has 148 valence electrons. The fourth-order valence-corrected chi connectivity index (χ4v) is 3.57. The van der Waals surface area contributed by atoms with Crippen LogP contribution in [0.25, 0.3) is 0 Å². The van der Waals surface area contributed by atoms with Gasteiger partial charge in [-0.15, -0.1) is 34.2 Å². The Kier molecular flexibility index (Phi) is 7.05. The zero-order chi connectivity index (χ0) is 17.8. The first-order valence-corrected chi connectivity index (χ1v) is 9.39. The molecule has 2 aliphatic rings. The lowest BCUT2D eigenvalue weighted by atomic mass is 10.3. The van der Waals surface area contributed by atoms with Gasteiger partial charge in [0.15, 0.2) is 11.8 Å². The predicted octanol–water partition coefficient (Wildman–Crippen LogP) is 1.11. The van der Waals surface area contributed by atoms with E-state index in [0.29, 0.717) is 6.54 Å². The molecule has 4 heterocycles. The SMILES string of the molecule is CCNC(=NCc1nnc2n1CCC2)N1CCN(Cc2ccon2)CC1.I. The summed E-state index contributed by atoms with van der Waals surface area (Å²) in [5.74, 6) is 3.03. The number of nitrogens with zero attached hydrogens (tertiary/aromatic N) is 7. The normalized spacial score (nSPS) is 17.7. The van der Waals surface area contributed by atoms with Crippen LogP contribution in [0.3, 0.4) is 0 Å². The van der Waals surface area contributed by atoms with Gasteiger partial charge in [0.2, 0.25) is 0 Å². The molecule has 1 fully saturated rings. The lowest BCUT2D eigenvalue weighted by Crippen LogP contribution is -2.52. The van der Waals surface area contributed by atoms with Crippen molar-refractivity contribution in [2.24, 2.45) is 4.99 Å². The third kappa shape index (κ3) is 4.78. The van der Waals surface area contributed by atoms with Crippen molar-refractivity contribution in [3.05, 3.63) is 29.7 Å². The molecule has 10 heteroatoms.